The first-order valence-electron chi connectivity index (χ1n) is 6.94. The molecule has 21 heavy (non-hydrogen) atoms. The number of carboxylic acids is 1. The Bertz CT molecular complexity index is 526. The number of rotatable bonds is 7. The molecule has 0 aromatic heterocycles. The number of carbonyl (C=O) groups excluding carboxylic acids is 1. The van der Waals surface area contributed by atoms with E-state index in [1.807, 2.05) is 32.0 Å². The summed E-state index contributed by atoms with van der Waals surface area (Å²) in [5.41, 5.74) is 2.38. The molecule has 1 rings (SSSR count). The summed E-state index contributed by atoms with van der Waals surface area (Å²) in [6, 6.07) is 7.05. The standard InChI is InChI=1S/C16H22N2O3/c1-4-18(11-12(2)3)16(21)17-14-8-6-5-7-13(14)9-10-15(19)20/h5-8H,2,4,9-11H2,1,3H3,(H,17,21)(H,19,20). The lowest BCUT2D eigenvalue weighted by Gasteiger charge is -2.22. The van der Waals surface area contributed by atoms with Crippen LogP contribution in [0.4, 0.5) is 10.5 Å². The first-order chi connectivity index (χ1) is 9.93. The van der Waals surface area contributed by atoms with Crippen LogP contribution in [0.2, 0.25) is 0 Å². The largest absolute Gasteiger partial charge is 0.481 e. The molecule has 0 aliphatic heterocycles. The minimum absolute atomic E-state index is 0.0378. The fourth-order valence-corrected chi connectivity index (χ4v) is 1.95. The van der Waals surface area contributed by atoms with Crippen molar-refractivity contribution in [2.75, 3.05) is 18.4 Å². The summed E-state index contributed by atoms with van der Waals surface area (Å²) in [4.78, 5) is 24.6. The van der Waals surface area contributed by atoms with Crippen LogP contribution in [0, 0.1) is 0 Å². The molecular weight excluding hydrogens is 268 g/mol. The molecule has 114 valence electrons. The van der Waals surface area contributed by atoms with Gasteiger partial charge in [0.05, 0.1) is 0 Å². The van der Waals surface area contributed by atoms with Crippen LogP contribution in [0.5, 0.6) is 0 Å². The lowest BCUT2D eigenvalue weighted by molar-refractivity contribution is -0.136. The first-order valence-corrected chi connectivity index (χ1v) is 6.94. The molecule has 1 aromatic rings. The third-order valence-electron chi connectivity index (χ3n) is 3.00. The molecule has 1 aromatic carbocycles. The van der Waals surface area contributed by atoms with Crippen LogP contribution in [0.3, 0.4) is 0 Å². The van der Waals surface area contributed by atoms with E-state index < -0.39 is 5.97 Å². The quantitative estimate of drug-likeness (QED) is 0.758. The lowest BCUT2D eigenvalue weighted by Crippen LogP contribution is -2.36. The highest BCUT2D eigenvalue weighted by molar-refractivity contribution is 5.90. The zero-order valence-electron chi connectivity index (χ0n) is 12.6. The summed E-state index contributed by atoms with van der Waals surface area (Å²) in [6.07, 6.45) is 0.425. The van der Waals surface area contributed by atoms with Crippen molar-refractivity contribution in [1.29, 1.82) is 0 Å². The minimum atomic E-state index is -0.853. The van der Waals surface area contributed by atoms with Gasteiger partial charge in [-0.25, -0.2) is 4.79 Å². The molecule has 0 atom stereocenters. The SMILES string of the molecule is C=C(C)CN(CC)C(=O)Nc1ccccc1CCC(=O)O. The van der Waals surface area contributed by atoms with Crippen LogP contribution in [0.15, 0.2) is 36.4 Å². The maximum absolute atomic E-state index is 12.2. The highest BCUT2D eigenvalue weighted by Crippen LogP contribution is 2.17. The predicted molar refractivity (Wildman–Crippen MR) is 83.5 cm³/mol. The summed E-state index contributed by atoms with van der Waals surface area (Å²) in [6.45, 7) is 8.66. The smallest absolute Gasteiger partial charge is 0.322 e. The van der Waals surface area contributed by atoms with Gasteiger partial charge in [-0.2, -0.15) is 0 Å². The maximum Gasteiger partial charge on any atom is 0.322 e. The van der Waals surface area contributed by atoms with Gasteiger partial charge in [-0.05, 0) is 31.9 Å². The van der Waals surface area contributed by atoms with Crippen LogP contribution < -0.4 is 5.32 Å². The lowest BCUT2D eigenvalue weighted by atomic mass is 10.1. The Balaban J connectivity index is 2.79. The Morgan fingerprint density at radius 3 is 2.57 bits per heavy atom. The molecule has 0 heterocycles. The average molecular weight is 290 g/mol. The highest BCUT2D eigenvalue weighted by Gasteiger charge is 2.13. The van der Waals surface area contributed by atoms with Crippen molar-refractivity contribution in [1.82, 2.24) is 4.90 Å². The van der Waals surface area contributed by atoms with Crippen molar-refractivity contribution in [2.24, 2.45) is 0 Å². The molecule has 0 saturated carbocycles. The van der Waals surface area contributed by atoms with Crippen molar-refractivity contribution < 1.29 is 14.7 Å². The number of nitrogens with zero attached hydrogens (tertiary/aromatic N) is 1. The fourth-order valence-electron chi connectivity index (χ4n) is 1.95. The number of para-hydroxylation sites is 1. The molecule has 0 spiro atoms. The Morgan fingerprint density at radius 1 is 1.33 bits per heavy atom. The van der Waals surface area contributed by atoms with Crippen LogP contribution >= 0.6 is 0 Å². The Morgan fingerprint density at radius 2 is 2.00 bits per heavy atom. The maximum atomic E-state index is 12.2. The highest BCUT2D eigenvalue weighted by atomic mass is 16.4. The number of hydrogen-bond donors (Lipinski definition) is 2. The van der Waals surface area contributed by atoms with E-state index in [9.17, 15) is 9.59 Å². The number of anilines is 1. The molecule has 2 amide bonds. The summed E-state index contributed by atoms with van der Waals surface area (Å²) in [7, 11) is 0. The zero-order chi connectivity index (χ0) is 15.8. The van der Waals surface area contributed by atoms with Crippen molar-refractivity contribution >= 4 is 17.7 Å². The number of urea groups is 1. The average Bonchev–Trinajstić information content (AvgIpc) is 2.43. The van der Waals surface area contributed by atoms with Gasteiger partial charge in [-0.3, -0.25) is 4.79 Å². The molecule has 2 N–H and O–H groups in total. The van der Waals surface area contributed by atoms with Gasteiger partial charge in [-0.1, -0.05) is 30.4 Å². The number of nitrogens with one attached hydrogen (secondary N) is 1. The van der Waals surface area contributed by atoms with E-state index in [0.29, 0.717) is 25.2 Å². The molecule has 0 radical (unpaired) electrons. The van der Waals surface area contributed by atoms with E-state index >= 15 is 0 Å². The van der Waals surface area contributed by atoms with Crippen LogP contribution in [0.1, 0.15) is 25.8 Å². The summed E-state index contributed by atoms with van der Waals surface area (Å²) < 4.78 is 0. The van der Waals surface area contributed by atoms with E-state index in [4.69, 9.17) is 5.11 Å². The van der Waals surface area contributed by atoms with Crippen LogP contribution in [-0.4, -0.2) is 35.1 Å². The summed E-state index contributed by atoms with van der Waals surface area (Å²) >= 11 is 0. The van der Waals surface area contributed by atoms with Crippen molar-refractivity contribution in [3.8, 4) is 0 Å². The second kappa shape index (κ2) is 8.09. The van der Waals surface area contributed by atoms with E-state index in [0.717, 1.165) is 11.1 Å². The van der Waals surface area contributed by atoms with E-state index in [1.54, 1.807) is 11.0 Å². The number of aliphatic carboxylic acids is 1. The zero-order valence-corrected chi connectivity index (χ0v) is 12.6. The van der Waals surface area contributed by atoms with Crippen molar-refractivity contribution in [2.45, 2.75) is 26.7 Å². The van der Waals surface area contributed by atoms with Gasteiger partial charge in [0.25, 0.3) is 0 Å². The molecule has 5 nitrogen and oxygen atoms in total. The van der Waals surface area contributed by atoms with Gasteiger partial charge in [0.2, 0.25) is 0 Å². The Hall–Kier alpha value is -2.30. The Kier molecular flexibility index (Phi) is 6.46. The van der Waals surface area contributed by atoms with E-state index in [1.165, 1.54) is 0 Å². The number of hydrogen-bond acceptors (Lipinski definition) is 2. The number of likely N-dealkylation sites (N-methyl/N-ethyl adjacent to an activating group) is 1. The first kappa shape index (κ1) is 16.8. The molecular formula is C16H22N2O3. The predicted octanol–water partition coefficient (Wildman–Crippen LogP) is 3.13. The summed E-state index contributed by atoms with van der Waals surface area (Å²) in [5.74, 6) is -0.853. The topological polar surface area (TPSA) is 69.6 Å². The number of benzene rings is 1. The number of amides is 2. The molecule has 5 heteroatoms. The second-order valence-corrected chi connectivity index (χ2v) is 4.95. The molecule has 0 unspecified atom stereocenters. The molecule has 0 bridgehead atoms. The molecule has 0 saturated heterocycles. The second-order valence-electron chi connectivity index (χ2n) is 4.95. The van der Waals surface area contributed by atoms with E-state index in [-0.39, 0.29) is 12.5 Å². The fraction of sp³-hybridized carbons (Fsp3) is 0.375. The molecule has 0 aliphatic carbocycles. The molecule has 0 fully saturated rings. The van der Waals surface area contributed by atoms with Gasteiger partial charge in [0.15, 0.2) is 0 Å². The minimum Gasteiger partial charge on any atom is -0.481 e. The van der Waals surface area contributed by atoms with E-state index in [2.05, 4.69) is 11.9 Å². The number of carbonyl (C=O) groups is 2. The monoisotopic (exact) mass is 290 g/mol. The molecule has 0 aliphatic rings. The van der Waals surface area contributed by atoms with Gasteiger partial charge >= 0.3 is 12.0 Å². The number of carboxylic acid groups (broad SMARTS) is 1. The van der Waals surface area contributed by atoms with Crippen LogP contribution in [-0.2, 0) is 11.2 Å². The number of aryl methyl sites for hydroxylation is 1. The van der Waals surface area contributed by atoms with Crippen molar-refractivity contribution in [3.63, 3.8) is 0 Å². The van der Waals surface area contributed by atoms with Crippen molar-refractivity contribution in [3.05, 3.63) is 42.0 Å². The van der Waals surface area contributed by atoms with Gasteiger partial charge in [0.1, 0.15) is 0 Å². The van der Waals surface area contributed by atoms with Crippen LogP contribution in [0.25, 0.3) is 0 Å². The Labute approximate surface area is 125 Å². The summed E-state index contributed by atoms with van der Waals surface area (Å²) in [5, 5.41) is 11.6. The normalized spacial score (nSPS) is 10.0. The third-order valence-corrected chi connectivity index (χ3v) is 3.00. The van der Waals surface area contributed by atoms with Gasteiger partial charge in [0, 0.05) is 25.2 Å². The van der Waals surface area contributed by atoms with Gasteiger partial charge in [-0.15, -0.1) is 0 Å². The third kappa shape index (κ3) is 5.69. The van der Waals surface area contributed by atoms with Gasteiger partial charge < -0.3 is 15.3 Å².